The van der Waals surface area contributed by atoms with Gasteiger partial charge in [0.2, 0.25) is 15.8 Å². The molecule has 0 saturated heterocycles. The van der Waals surface area contributed by atoms with Crippen LogP contribution in [0.4, 0.5) is 10.1 Å². The first-order valence-corrected chi connectivity index (χ1v) is 12.6. The lowest BCUT2D eigenvalue weighted by atomic mass is 10.2. The number of carbonyl (C=O) groups is 1. The fourth-order valence-corrected chi connectivity index (χ4v) is 4.89. The molecule has 2 aromatic carbocycles. The Morgan fingerprint density at radius 2 is 1.94 bits per heavy atom. The van der Waals surface area contributed by atoms with Crippen LogP contribution in [0.5, 0.6) is 0 Å². The van der Waals surface area contributed by atoms with Gasteiger partial charge in [-0.15, -0.1) is 23.0 Å². The van der Waals surface area contributed by atoms with E-state index in [4.69, 9.17) is 0 Å². The molecule has 11 heteroatoms. The number of amides is 1. The van der Waals surface area contributed by atoms with Crippen molar-refractivity contribution in [2.75, 3.05) is 11.9 Å². The van der Waals surface area contributed by atoms with E-state index in [9.17, 15) is 17.6 Å². The molecule has 4 aromatic rings. The van der Waals surface area contributed by atoms with Crippen molar-refractivity contribution in [3.05, 3.63) is 95.9 Å². The van der Waals surface area contributed by atoms with E-state index >= 15 is 0 Å². The second-order valence-electron chi connectivity index (χ2n) is 7.18. The van der Waals surface area contributed by atoms with Gasteiger partial charge in [-0.25, -0.2) is 27.2 Å². The molecule has 0 fully saturated rings. The van der Waals surface area contributed by atoms with Gasteiger partial charge in [-0.3, -0.25) is 4.79 Å². The number of sulfonamides is 1. The quantitative estimate of drug-likeness (QED) is 0.340. The number of nitrogens with zero attached hydrogens (tertiary/aromatic N) is 3. The Balaban J connectivity index is 1.54. The SMILES string of the molecule is C=CCNS(=O)(=O)Cc1ccc(NC(=O)c2nc(-c3cccs3)n(-c3cccc(F)c3)n2)cc1. The summed E-state index contributed by atoms with van der Waals surface area (Å²) in [6.07, 6.45) is 1.46. The first-order chi connectivity index (χ1) is 16.3. The zero-order chi connectivity index (χ0) is 24.1. The number of rotatable bonds is 9. The maximum atomic E-state index is 13.8. The number of anilines is 1. The highest BCUT2D eigenvalue weighted by molar-refractivity contribution is 7.88. The summed E-state index contributed by atoms with van der Waals surface area (Å²) in [5.74, 6) is -0.857. The van der Waals surface area contributed by atoms with E-state index in [0.29, 0.717) is 22.8 Å². The summed E-state index contributed by atoms with van der Waals surface area (Å²) in [6, 6.07) is 16.0. The van der Waals surface area contributed by atoms with Crippen molar-refractivity contribution in [1.82, 2.24) is 19.5 Å². The van der Waals surface area contributed by atoms with Crippen LogP contribution in [-0.2, 0) is 15.8 Å². The Bertz CT molecular complexity index is 1420. The largest absolute Gasteiger partial charge is 0.319 e. The molecule has 2 heterocycles. The fraction of sp³-hybridized carbons (Fsp3) is 0.0870. The molecule has 0 bridgehead atoms. The number of nitrogens with one attached hydrogen (secondary N) is 2. The molecule has 0 atom stereocenters. The molecule has 8 nitrogen and oxygen atoms in total. The fourth-order valence-electron chi connectivity index (χ4n) is 3.09. The van der Waals surface area contributed by atoms with Crippen LogP contribution < -0.4 is 10.0 Å². The lowest BCUT2D eigenvalue weighted by Crippen LogP contribution is -2.25. The van der Waals surface area contributed by atoms with Gasteiger partial charge < -0.3 is 5.32 Å². The Labute approximate surface area is 199 Å². The van der Waals surface area contributed by atoms with Crippen LogP contribution in [0.25, 0.3) is 16.4 Å². The number of hydrogen-bond donors (Lipinski definition) is 2. The lowest BCUT2D eigenvalue weighted by molar-refractivity contribution is 0.101. The number of benzene rings is 2. The molecule has 0 aliphatic heterocycles. The lowest BCUT2D eigenvalue weighted by Gasteiger charge is -2.07. The average Bonchev–Trinajstić information content (AvgIpc) is 3.49. The predicted molar refractivity (Wildman–Crippen MR) is 130 cm³/mol. The Morgan fingerprint density at radius 1 is 1.15 bits per heavy atom. The van der Waals surface area contributed by atoms with Crippen molar-refractivity contribution in [2.24, 2.45) is 0 Å². The van der Waals surface area contributed by atoms with Crippen molar-refractivity contribution in [2.45, 2.75) is 5.75 Å². The van der Waals surface area contributed by atoms with Gasteiger partial charge in [-0.1, -0.05) is 30.3 Å². The van der Waals surface area contributed by atoms with Gasteiger partial charge in [0, 0.05) is 12.2 Å². The standard InChI is InChI=1S/C23H20FN5O3S2/c1-2-12-25-34(31,32)15-16-8-10-18(11-9-16)26-23(30)21-27-22(20-7-4-13-33-20)29(28-21)19-6-3-5-17(24)14-19/h2-11,13-14,25H,1,12,15H2,(H,26,30). The third-order valence-corrected chi connectivity index (χ3v) is 6.81. The molecule has 4 rings (SSSR count). The Kier molecular flexibility index (Phi) is 6.96. The highest BCUT2D eigenvalue weighted by Crippen LogP contribution is 2.26. The zero-order valence-corrected chi connectivity index (χ0v) is 19.4. The van der Waals surface area contributed by atoms with E-state index in [-0.39, 0.29) is 18.1 Å². The van der Waals surface area contributed by atoms with Gasteiger partial charge in [-0.05, 0) is 47.3 Å². The minimum atomic E-state index is -3.49. The number of halogens is 1. The van der Waals surface area contributed by atoms with Gasteiger partial charge in [-0.2, -0.15) is 0 Å². The molecular weight excluding hydrogens is 477 g/mol. The highest BCUT2D eigenvalue weighted by atomic mass is 32.2. The summed E-state index contributed by atoms with van der Waals surface area (Å²) in [5.41, 5.74) is 1.44. The molecule has 0 aliphatic carbocycles. The Hall–Kier alpha value is -3.67. The number of carbonyl (C=O) groups excluding carboxylic acids is 1. The van der Waals surface area contributed by atoms with Crippen LogP contribution in [0.1, 0.15) is 16.2 Å². The molecule has 1 amide bonds. The predicted octanol–water partition coefficient (Wildman–Crippen LogP) is 3.99. The second kappa shape index (κ2) is 10.1. The molecular formula is C23H20FN5O3S2. The van der Waals surface area contributed by atoms with Crippen LogP contribution in [-0.4, -0.2) is 35.6 Å². The highest BCUT2D eigenvalue weighted by Gasteiger charge is 2.20. The van der Waals surface area contributed by atoms with E-state index in [1.54, 1.807) is 36.4 Å². The third kappa shape index (κ3) is 5.63. The third-order valence-electron chi connectivity index (χ3n) is 4.62. The summed E-state index contributed by atoms with van der Waals surface area (Å²) in [6.45, 7) is 3.63. The van der Waals surface area contributed by atoms with E-state index in [0.717, 1.165) is 4.88 Å². The smallest absolute Gasteiger partial charge is 0.295 e. The molecule has 2 N–H and O–H groups in total. The summed E-state index contributed by atoms with van der Waals surface area (Å²) < 4.78 is 41.6. The van der Waals surface area contributed by atoms with Crippen LogP contribution in [0, 0.1) is 5.82 Å². The van der Waals surface area contributed by atoms with Gasteiger partial charge >= 0.3 is 0 Å². The molecule has 34 heavy (non-hydrogen) atoms. The summed E-state index contributed by atoms with van der Waals surface area (Å²) in [4.78, 5) is 18.0. The van der Waals surface area contributed by atoms with Crippen molar-refractivity contribution in [1.29, 1.82) is 0 Å². The maximum Gasteiger partial charge on any atom is 0.295 e. The number of thiophene rings is 1. The van der Waals surface area contributed by atoms with Crippen LogP contribution in [0.15, 0.2) is 78.7 Å². The number of hydrogen-bond acceptors (Lipinski definition) is 6. The second-order valence-corrected chi connectivity index (χ2v) is 9.93. The summed E-state index contributed by atoms with van der Waals surface area (Å²) in [7, 11) is -3.49. The van der Waals surface area contributed by atoms with Crippen LogP contribution in [0.2, 0.25) is 0 Å². The van der Waals surface area contributed by atoms with E-state index in [1.807, 2.05) is 17.5 Å². The summed E-state index contributed by atoms with van der Waals surface area (Å²) in [5, 5.41) is 8.88. The first kappa shape index (κ1) is 23.5. The normalized spacial score (nSPS) is 11.3. The minimum Gasteiger partial charge on any atom is -0.319 e. The monoisotopic (exact) mass is 497 g/mol. The zero-order valence-electron chi connectivity index (χ0n) is 17.8. The van der Waals surface area contributed by atoms with Crippen molar-refractivity contribution < 1.29 is 17.6 Å². The van der Waals surface area contributed by atoms with Gasteiger partial charge in [0.1, 0.15) is 5.82 Å². The molecule has 0 aliphatic rings. The molecule has 0 spiro atoms. The van der Waals surface area contributed by atoms with Crippen molar-refractivity contribution >= 4 is 33.0 Å². The van der Waals surface area contributed by atoms with E-state index < -0.39 is 21.7 Å². The molecule has 2 aromatic heterocycles. The molecule has 0 radical (unpaired) electrons. The first-order valence-electron chi connectivity index (χ1n) is 10.1. The molecule has 174 valence electrons. The topological polar surface area (TPSA) is 106 Å². The average molecular weight is 498 g/mol. The number of aromatic nitrogens is 3. The van der Waals surface area contributed by atoms with Crippen LogP contribution in [0.3, 0.4) is 0 Å². The van der Waals surface area contributed by atoms with E-state index in [2.05, 4.69) is 26.7 Å². The molecule has 0 unspecified atom stereocenters. The summed E-state index contributed by atoms with van der Waals surface area (Å²) >= 11 is 1.42. The van der Waals surface area contributed by atoms with E-state index in [1.165, 1.54) is 34.2 Å². The Morgan fingerprint density at radius 3 is 2.62 bits per heavy atom. The van der Waals surface area contributed by atoms with Crippen LogP contribution >= 0.6 is 11.3 Å². The van der Waals surface area contributed by atoms with Crippen molar-refractivity contribution in [3.63, 3.8) is 0 Å². The van der Waals surface area contributed by atoms with Gasteiger partial charge in [0.25, 0.3) is 5.91 Å². The van der Waals surface area contributed by atoms with Gasteiger partial charge in [0.05, 0.1) is 16.3 Å². The maximum absolute atomic E-state index is 13.8. The minimum absolute atomic E-state index is 0.0899. The molecule has 0 saturated carbocycles. The van der Waals surface area contributed by atoms with Gasteiger partial charge in [0.15, 0.2) is 5.82 Å². The van der Waals surface area contributed by atoms with Crippen molar-refractivity contribution in [3.8, 4) is 16.4 Å².